The third-order valence-corrected chi connectivity index (χ3v) is 3.13. The lowest BCUT2D eigenvalue weighted by Gasteiger charge is -2.05. The zero-order valence-corrected chi connectivity index (χ0v) is 11.3. The Bertz CT molecular complexity index is 505. The highest BCUT2D eigenvalue weighted by atomic mass is 79.9. The topological polar surface area (TPSA) is 26.5 Å². The second kappa shape index (κ2) is 4.45. The molecule has 0 N–H and O–H groups in total. The fraction of sp³-hybridized carbons (Fsp3) is 0.417. The maximum atomic E-state index is 5.24. The van der Waals surface area contributed by atoms with E-state index in [-0.39, 0.29) is 0 Å². The SMILES string of the molecule is COc1ccn2c(C(C)C)nc(CBr)c2c1. The van der Waals surface area contributed by atoms with Crippen LogP contribution in [0.2, 0.25) is 0 Å². The summed E-state index contributed by atoms with van der Waals surface area (Å²) in [5.41, 5.74) is 2.17. The van der Waals surface area contributed by atoms with Gasteiger partial charge in [0.1, 0.15) is 11.6 Å². The van der Waals surface area contributed by atoms with Crippen molar-refractivity contribution in [1.82, 2.24) is 9.38 Å². The predicted molar refractivity (Wildman–Crippen MR) is 68.5 cm³/mol. The molecular formula is C12H15BrN2O. The van der Waals surface area contributed by atoms with E-state index in [0.717, 1.165) is 28.1 Å². The quantitative estimate of drug-likeness (QED) is 0.807. The second-order valence-electron chi connectivity index (χ2n) is 4.03. The van der Waals surface area contributed by atoms with Crippen LogP contribution in [0, 0.1) is 0 Å². The van der Waals surface area contributed by atoms with E-state index in [1.807, 2.05) is 18.3 Å². The first-order chi connectivity index (χ1) is 7.67. The Hall–Kier alpha value is -1.03. The number of fused-ring (bicyclic) bond motifs is 1. The molecule has 0 saturated carbocycles. The van der Waals surface area contributed by atoms with Gasteiger partial charge in [-0.15, -0.1) is 0 Å². The Morgan fingerprint density at radius 3 is 2.81 bits per heavy atom. The lowest BCUT2D eigenvalue weighted by molar-refractivity contribution is 0.414. The summed E-state index contributed by atoms with van der Waals surface area (Å²) >= 11 is 3.47. The Kier molecular flexibility index (Phi) is 3.19. The fourth-order valence-corrected chi connectivity index (χ4v) is 2.20. The molecule has 0 amide bonds. The van der Waals surface area contributed by atoms with Crippen molar-refractivity contribution in [3.05, 3.63) is 29.8 Å². The van der Waals surface area contributed by atoms with Crippen LogP contribution in [0.1, 0.15) is 31.3 Å². The number of imidazole rings is 1. The minimum atomic E-state index is 0.411. The minimum absolute atomic E-state index is 0.411. The molecule has 2 aromatic heterocycles. The number of ether oxygens (including phenoxy) is 1. The molecule has 0 aliphatic rings. The van der Waals surface area contributed by atoms with Crippen LogP contribution in [0.3, 0.4) is 0 Å². The summed E-state index contributed by atoms with van der Waals surface area (Å²) < 4.78 is 7.36. The smallest absolute Gasteiger partial charge is 0.122 e. The van der Waals surface area contributed by atoms with Crippen LogP contribution in [-0.4, -0.2) is 16.5 Å². The number of nitrogens with zero attached hydrogens (tertiary/aromatic N) is 2. The Morgan fingerprint density at radius 2 is 2.25 bits per heavy atom. The summed E-state index contributed by atoms with van der Waals surface area (Å²) in [6.07, 6.45) is 2.02. The monoisotopic (exact) mass is 282 g/mol. The van der Waals surface area contributed by atoms with Gasteiger partial charge in [0.05, 0.1) is 18.3 Å². The van der Waals surface area contributed by atoms with Crippen molar-refractivity contribution in [2.75, 3.05) is 7.11 Å². The number of methoxy groups -OCH3 is 1. The Labute approximate surface area is 104 Å². The van der Waals surface area contributed by atoms with Crippen LogP contribution in [0.4, 0.5) is 0 Å². The third kappa shape index (κ3) is 1.82. The van der Waals surface area contributed by atoms with Crippen LogP contribution in [-0.2, 0) is 5.33 Å². The number of rotatable bonds is 3. The van der Waals surface area contributed by atoms with Gasteiger partial charge in [-0.2, -0.15) is 0 Å². The van der Waals surface area contributed by atoms with Gasteiger partial charge in [-0.1, -0.05) is 29.8 Å². The van der Waals surface area contributed by atoms with Crippen molar-refractivity contribution < 1.29 is 4.74 Å². The van der Waals surface area contributed by atoms with Crippen molar-refractivity contribution >= 4 is 21.4 Å². The van der Waals surface area contributed by atoms with Gasteiger partial charge in [0.15, 0.2) is 0 Å². The van der Waals surface area contributed by atoms with Crippen molar-refractivity contribution in [2.24, 2.45) is 0 Å². The third-order valence-electron chi connectivity index (χ3n) is 2.60. The van der Waals surface area contributed by atoms with Crippen LogP contribution >= 0.6 is 15.9 Å². The van der Waals surface area contributed by atoms with E-state index in [9.17, 15) is 0 Å². The normalized spacial score (nSPS) is 11.3. The van der Waals surface area contributed by atoms with Crippen LogP contribution in [0.15, 0.2) is 18.3 Å². The Balaban J connectivity index is 2.69. The van der Waals surface area contributed by atoms with Crippen molar-refractivity contribution in [3.63, 3.8) is 0 Å². The first kappa shape index (κ1) is 11.5. The van der Waals surface area contributed by atoms with E-state index in [4.69, 9.17) is 4.74 Å². The number of hydrogen-bond acceptors (Lipinski definition) is 2. The molecule has 4 heteroatoms. The Morgan fingerprint density at radius 1 is 1.50 bits per heavy atom. The molecule has 3 nitrogen and oxygen atoms in total. The lowest BCUT2D eigenvalue weighted by atomic mass is 10.2. The van der Waals surface area contributed by atoms with Gasteiger partial charge in [-0.25, -0.2) is 4.98 Å². The first-order valence-electron chi connectivity index (χ1n) is 5.28. The molecule has 0 saturated heterocycles. The number of pyridine rings is 1. The molecule has 0 aromatic carbocycles. The summed E-state index contributed by atoms with van der Waals surface area (Å²) in [6, 6.07) is 3.98. The summed E-state index contributed by atoms with van der Waals surface area (Å²) in [4.78, 5) is 4.64. The standard InChI is InChI=1S/C12H15BrN2O/c1-8(2)12-14-10(7-13)11-6-9(16-3)4-5-15(11)12/h4-6,8H,7H2,1-3H3. The molecule has 86 valence electrons. The van der Waals surface area contributed by atoms with E-state index < -0.39 is 0 Å². The molecule has 0 atom stereocenters. The van der Waals surface area contributed by atoms with Gasteiger partial charge >= 0.3 is 0 Å². The van der Waals surface area contributed by atoms with Gasteiger partial charge in [0.2, 0.25) is 0 Å². The average Bonchev–Trinajstić information content (AvgIpc) is 2.66. The molecule has 2 rings (SSSR count). The molecule has 0 spiro atoms. The van der Waals surface area contributed by atoms with Gasteiger partial charge in [-0.05, 0) is 6.07 Å². The molecule has 0 unspecified atom stereocenters. The highest BCUT2D eigenvalue weighted by Crippen LogP contribution is 2.24. The zero-order valence-electron chi connectivity index (χ0n) is 9.70. The van der Waals surface area contributed by atoms with Gasteiger partial charge in [-0.3, -0.25) is 0 Å². The van der Waals surface area contributed by atoms with E-state index >= 15 is 0 Å². The first-order valence-corrected chi connectivity index (χ1v) is 6.40. The maximum absolute atomic E-state index is 5.24. The summed E-state index contributed by atoms with van der Waals surface area (Å²) in [5, 5.41) is 0.760. The van der Waals surface area contributed by atoms with E-state index in [1.165, 1.54) is 0 Å². The predicted octanol–water partition coefficient (Wildman–Crippen LogP) is 3.36. The lowest BCUT2D eigenvalue weighted by Crippen LogP contribution is -1.96. The van der Waals surface area contributed by atoms with Gasteiger partial charge < -0.3 is 9.14 Å². The number of aromatic nitrogens is 2. The molecule has 0 aliphatic heterocycles. The zero-order chi connectivity index (χ0) is 11.7. The van der Waals surface area contributed by atoms with Crippen molar-refractivity contribution in [1.29, 1.82) is 0 Å². The number of hydrogen-bond donors (Lipinski definition) is 0. The molecule has 0 fully saturated rings. The summed E-state index contributed by atoms with van der Waals surface area (Å²) in [5.74, 6) is 2.37. The highest BCUT2D eigenvalue weighted by Gasteiger charge is 2.13. The minimum Gasteiger partial charge on any atom is -0.497 e. The van der Waals surface area contributed by atoms with E-state index in [1.54, 1.807) is 7.11 Å². The number of halogens is 1. The molecule has 2 heterocycles. The van der Waals surface area contributed by atoms with E-state index in [2.05, 4.69) is 39.2 Å². The highest BCUT2D eigenvalue weighted by molar-refractivity contribution is 9.08. The number of alkyl halides is 1. The molecule has 0 aliphatic carbocycles. The molecule has 16 heavy (non-hydrogen) atoms. The van der Waals surface area contributed by atoms with Gasteiger partial charge in [0.25, 0.3) is 0 Å². The molecule has 2 aromatic rings. The molecular weight excluding hydrogens is 268 g/mol. The average molecular weight is 283 g/mol. The van der Waals surface area contributed by atoms with Crippen LogP contribution < -0.4 is 4.74 Å². The van der Waals surface area contributed by atoms with Crippen LogP contribution in [0.25, 0.3) is 5.52 Å². The molecule has 0 bridgehead atoms. The maximum Gasteiger partial charge on any atom is 0.122 e. The van der Waals surface area contributed by atoms with Crippen LogP contribution in [0.5, 0.6) is 5.75 Å². The van der Waals surface area contributed by atoms with Crippen molar-refractivity contribution in [2.45, 2.75) is 25.1 Å². The fourth-order valence-electron chi connectivity index (χ4n) is 1.78. The van der Waals surface area contributed by atoms with Gasteiger partial charge in [0, 0.05) is 23.5 Å². The summed E-state index contributed by atoms with van der Waals surface area (Å²) in [7, 11) is 1.68. The molecule has 0 radical (unpaired) electrons. The summed E-state index contributed by atoms with van der Waals surface area (Å²) in [6.45, 7) is 4.30. The van der Waals surface area contributed by atoms with E-state index in [0.29, 0.717) is 5.92 Å². The largest absolute Gasteiger partial charge is 0.497 e. The second-order valence-corrected chi connectivity index (χ2v) is 4.59. The van der Waals surface area contributed by atoms with Crippen molar-refractivity contribution in [3.8, 4) is 5.75 Å².